The molecule has 0 amide bonds. The molecule has 0 heterocycles. The van der Waals surface area contributed by atoms with Crippen LogP contribution in [0.25, 0.3) is 0 Å². The maximum absolute atomic E-state index is 11.9. The first-order valence-electron chi connectivity index (χ1n) is 8.13. The summed E-state index contributed by atoms with van der Waals surface area (Å²) in [7, 11) is 0. The van der Waals surface area contributed by atoms with E-state index in [1.807, 2.05) is 27.7 Å². The van der Waals surface area contributed by atoms with Gasteiger partial charge in [0.05, 0.1) is 18.9 Å². The lowest BCUT2D eigenvalue weighted by Crippen LogP contribution is -2.42. The highest BCUT2D eigenvalue weighted by molar-refractivity contribution is 5.72. The molecular weight excluding hydrogens is 300 g/mol. The minimum Gasteiger partial charge on any atom is -0.481 e. The van der Waals surface area contributed by atoms with Crippen LogP contribution in [0.1, 0.15) is 53.4 Å². The molecule has 0 saturated carbocycles. The molecule has 0 aliphatic carbocycles. The molecule has 136 valence electrons. The van der Waals surface area contributed by atoms with E-state index in [0.29, 0.717) is 18.8 Å². The van der Waals surface area contributed by atoms with Crippen molar-refractivity contribution in [2.24, 2.45) is 23.3 Å². The lowest BCUT2D eigenvalue weighted by molar-refractivity contribution is -0.156. The van der Waals surface area contributed by atoms with Crippen LogP contribution in [0.4, 0.5) is 0 Å². The van der Waals surface area contributed by atoms with Gasteiger partial charge >= 0.3 is 11.9 Å². The van der Waals surface area contributed by atoms with E-state index < -0.39 is 36.2 Å². The minimum atomic E-state index is -1.08. The lowest BCUT2D eigenvalue weighted by Gasteiger charge is -2.25. The zero-order chi connectivity index (χ0) is 18.2. The van der Waals surface area contributed by atoms with Crippen molar-refractivity contribution in [1.29, 1.82) is 0 Å². The van der Waals surface area contributed by atoms with Crippen LogP contribution in [0.15, 0.2) is 0 Å². The molecule has 6 N–H and O–H groups in total. The van der Waals surface area contributed by atoms with Crippen LogP contribution >= 0.6 is 0 Å². The van der Waals surface area contributed by atoms with Gasteiger partial charge in [0.25, 0.3) is 0 Å². The van der Waals surface area contributed by atoms with Crippen molar-refractivity contribution < 1.29 is 24.5 Å². The fraction of sp³-hybridized carbons (Fsp3) is 0.875. The van der Waals surface area contributed by atoms with Crippen molar-refractivity contribution >= 4 is 11.9 Å². The van der Waals surface area contributed by atoms with Crippen LogP contribution < -0.4 is 11.5 Å². The van der Waals surface area contributed by atoms with Gasteiger partial charge in [0.15, 0.2) is 0 Å². The van der Waals surface area contributed by atoms with Crippen LogP contribution in [0.3, 0.4) is 0 Å². The Morgan fingerprint density at radius 3 is 1.87 bits per heavy atom. The molecule has 0 aromatic carbocycles. The number of ether oxygens (including phenoxy) is 1. The number of aliphatic hydroxyl groups excluding tert-OH is 1. The molecule has 0 aliphatic heterocycles. The fourth-order valence-electron chi connectivity index (χ4n) is 2.39. The van der Waals surface area contributed by atoms with Gasteiger partial charge in [-0.05, 0) is 24.7 Å². The Morgan fingerprint density at radius 1 is 0.957 bits per heavy atom. The van der Waals surface area contributed by atoms with Gasteiger partial charge in [0.2, 0.25) is 0 Å². The molecule has 0 fully saturated rings. The molecule has 0 radical (unpaired) electrons. The summed E-state index contributed by atoms with van der Waals surface area (Å²) in [5.74, 6) is -1.21. The van der Waals surface area contributed by atoms with Crippen molar-refractivity contribution in [1.82, 2.24) is 0 Å². The third-order valence-corrected chi connectivity index (χ3v) is 3.49. The molecule has 0 aromatic heterocycles. The summed E-state index contributed by atoms with van der Waals surface area (Å²) in [5.41, 5.74) is 11.8. The van der Waals surface area contributed by atoms with Gasteiger partial charge in [-0.25, -0.2) is 0 Å². The third-order valence-electron chi connectivity index (χ3n) is 3.49. The molecule has 23 heavy (non-hydrogen) atoms. The second-order valence-electron chi connectivity index (χ2n) is 6.98. The van der Waals surface area contributed by atoms with Crippen molar-refractivity contribution in [3.8, 4) is 0 Å². The number of carbonyl (C=O) groups excluding carboxylic acids is 1. The molecule has 0 rings (SSSR count). The predicted molar refractivity (Wildman–Crippen MR) is 87.6 cm³/mol. The number of nitrogens with two attached hydrogens (primary N) is 2. The van der Waals surface area contributed by atoms with Gasteiger partial charge < -0.3 is 26.4 Å². The summed E-state index contributed by atoms with van der Waals surface area (Å²) < 4.78 is 5.19. The molecule has 0 saturated heterocycles. The van der Waals surface area contributed by atoms with Gasteiger partial charge in [0, 0.05) is 12.1 Å². The molecule has 0 aromatic rings. The normalized spacial score (nSPS) is 16.9. The zero-order valence-corrected chi connectivity index (χ0v) is 14.6. The number of aliphatic carboxylic acids is 1. The first-order chi connectivity index (χ1) is 10.5. The lowest BCUT2D eigenvalue weighted by atomic mass is 9.97. The molecular formula is C16H32N2O5. The van der Waals surface area contributed by atoms with E-state index in [2.05, 4.69) is 0 Å². The Kier molecular flexibility index (Phi) is 10.0. The Hall–Kier alpha value is -1.18. The number of carbonyl (C=O) groups is 2. The van der Waals surface area contributed by atoms with E-state index in [9.17, 15) is 14.7 Å². The number of aliphatic hydroxyl groups is 1. The largest absolute Gasteiger partial charge is 0.481 e. The maximum Gasteiger partial charge on any atom is 0.308 e. The van der Waals surface area contributed by atoms with Gasteiger partial charge in [-0.1, -0.05) is 27.7 Å². The van der Waals surface area contributed by atoms with Gasteiger partial charge in [0.1, 0.15) is 6.10 Å². The summed E-state index contributed by atoms with van der Waals surface area (Å²) in [5, 5.41) is 18.9. The first kappa shape index (κ1) is 21.8. The monoisotopic (exact) mass is 332 g/mol. The smallest absolute Gasteiger partial charge is 0.308 e. The Labute approximate surface area is 138 Å². The van der Waals surface area contributed by atoms with E-state index in [0.717, 1.165) is 0 Å². The number of carboxylic acid groups (broad SMARTS) is 1. The number of esters is 1. The summed E-state index contributed by atoms with van der Waals surface area (Å²) in [6.45, 7) is 7.85. The second-order valence-corrected chi connectivity index (χ2v) is 6.98. The number of hydrogen-bond donors (Lipinski definition) is 4. The van der Waals surface area contributed by atoms with E-state index in [-0.39, 0.29) is 18.8 Å². The Balaban J connectivity index is 4.61. The first-order valence-corrected chi connectivity index (χ1v) is 8.13. The molecule has 0 bridgehead atoms. The number of hydrogen-bond acceptors (Lipinski definition) is 6. The summed E-state index contributed by atoms with van der Waals surface area (Å²) in [6.07, 6.45) is -1.42. The van der Waals surface area contributed by atoms with Gasteiger partial charge in [-0.3, -0.25) is 9.59 Å². The van der Waals surface area contributed by atoms with Crippen LogP contribution in [-0.4, -0.2) is 46.4 Å². The van der Waals surface area contributed by atoms with Gasteiger partial charge in [-0.15, -0.1) is 0 Å². The number of rotatable bonds is 11. The minimum absolute atomic E-state index is 0.255. The van der Waals surface area contributed by atoms with E-state index in [1.54, 1.807) is 0 Å². The maximum atomic E-state index is 11.9. The third kappa shape index (κ3) is 10.3. The zero-order valence-electron chi connectivity index (χ0n) is 14.6. The quantitative estimate of drug-likeness (QED) is 0.412. The average molecular weight is 332 g/mol. The SMILES string of the molecule is CC(C)CC(N)C(O)CC(=O)O[C@@H](CC(=O)O)[C@@H](N)CC(C)C. The molecule has 7 heteroatoms. The van der Waals surface area contributed by atoms with E-state index in [1.165, 1.54) is 0 Å². The van der Waals surface area contributed by atoms with Crippen LogP contribution in [0.5, 0.6) is 0 Å². The van der Waals surface area contributed by atoms with Crippen LogP contribution in [-0.2, 0) is 14.3 Å². The number of carboxylic acids is 1. The van der Waals surface area contributed by atoms with Crippen molar-refractivity contribution in [2.45, 2.75) is 77.7 Å². The predicted octanol–water partition coefficient (Wildman–Crippen LogP) is 0.871. The highest BCUT2D eigenvalue weighted by Gasteiger charge is 2.27. The Bertz CT molecular complexity index is 373. The molecule has 0 aliphatic rings. The average Bonchev–Trinajstić information content (AvgIpc) is 2.35. The van der Waals surface area contributed by atoms with Gasteiger partial charge in [-0.2, -0.15) is 0 Å². The molecule has 2 unspecified atom stereocenters. The highest BCUT2D eigenvalue weighted by Crippen LogP contribution is 2.15. The van der Waals surface area contributed by atoms with E-state index >= 15 is 0 Å². The van der Waals surface area contributed by atoms with Crippen molar-refractivity contribution in [3.63, 3.8) is 0 Å². The summed E-state index contributed by atoms with van der Waals surface area (Å²) in [4.78, 5) is 22.9. The topological polar surface area (TPSA) is 136 Å². The van der Waals surface area contributed by atoms with Crippen molar-refractivity contribution in [3.05, 3.63) is 0 Å². The molecule has 7 nitrogen and oxygen atoms in total. The summed E-state index contributed by atoms with van der Waals surface area (Å²) in [6, 6.07) is -1.08. The molecule has 0 spiro atoms. The highest BCUT2D eigenvalue weighted by atomic mass is 16.5. The van der Waals surface area contributed by atoms with Crippen molar-refractivity contribution in [2.75, 3.05) is 0 Å². The summed E-state index contributed by atoms with van der Waals surface area (Å²) >= 11 is 0. The standard InChI is InChI=1S/C16H32N2O5/c1-9(2)5-11(17)13(19)7-16(22)23-14(8-15(20)21)12(18)6-10(3)4/h9-14,19H,5-8,17-18H2,1-4H3,(H,20,21)/t11?,12-,13?,14-/m0/s1. The van der Waals surface area contributed by atoms with Crippen LogP contribution in [0.2, 0.25) is 0 Å². The van der Waals surface area contributed by atoms with E-state index in [4.69, 9.17) is 21.3 Å². The second kappa shape index (κ2) is 10.6. The Morgan fingerprint density at radius 2 is 1.43 bits per heavy atom. The van der Waals surface area contributed by atoms with Crippen LogP contribution in [0, 0.1) is 11.8 Å². The molecule has 4 atom stereocenters. The fourth-order valence-corrected chi connectivity index (χ4v) is 2.39.